The molecule has 0 aliphatic heterocycles. The quantitative estimate of drug-likeness (QED) is 0.346. The summed E-state index contributed by atoms with van der Waals surface area (Å²) in [5, 5.41) is 0. The van der Waals surface area contributed by atoms with Crippen molar-refractivity contribution in [3.05, 3.63) is 0 Å². The second-order valence-corrected chi connectivity index (χ2v) is 8.30. The first-order valence-corrected chi connectivity index (χ1v) is 10.7. The summed E-state index contributed by atoms with van der Waals surface area (Å²) in [5.41, 5.74) is 0. The summed E-state index contributed by atoms with van der Waals surface area (Å²) in [7, 11) is -2.66. The lowest BCUT2D eigenvalue weighted by molar-refractivity contribution is 0.207. The first-order chi connectivity index (χ1) is 10.9. The molecular weight excluding hydrogens is 312 g/mol. The molecule has 0 saturated carbocycles. The van der Waals surface area contributed by atoms with Gasteiger partial charge in [-0.15, -0.1) is 0 Å². The van der Waals surface area contributed by atoms with Gasteiger partial charge in [0.15, 0.2) is 0 Å². The zero-order valence-electron chi connectivity index (χ0n) is 15.7. The molecule has 0 radical (unpaired) electrons. The first kappa shape index (κ1) is 22.9. The molecule has 140 valence electrons. The summed E-state index contributed by atoms with van der Waals surface area (Å²) < 4.78 is 31.1. The molecule has 2 unspecified atom stereocenters. The van der Waals surface area contributed by atoms with Gasteiger partial charge < -0.3 is 0 Å². The van der Waals surface area contributed by atoms with Crippen molar-refractivity contribution in [3.8, 4) is 0 Å². The Balaban J connectivity index is 3.46. The van der Waals surface area contributed by atoms with Crippen molar-refractivity contribution < 1.29 is 16.8 Å². The van der Waals surface area contributed by atoms with Crippen molar-refractivity contribution in [2.45, 2.75) is 91.4 Å². The van der Waals surface area contributed by atoms with Crippen LogP contribution in [-0.2, 0) is 18.8 Å². The van der Waals surface area contributed by atoms with Gasteiger partial charge in [0.1, 0.15) is 0 Å². The van der Waals surface area contributed by atoms with Gasteiger partial charge in [-0.2, -0.15) is 8.42 Å². The molecule has 0 spiro atoms. The van der Waals surface area contributed by atoms with E-state index in [1.165, 1.54) is 57.8 Å². The monoisotopic (exact) mass is 350 g/mol. The van der Waals surface area contributed by atoms with Crippen molar-refractivity contribution in [3.63, 3.8) is 0 Å². The smallest absolute Gasteiger partial charge is 0.252 e. The summed E-state index contributed by atoms with van der Waals surface area (Å²) in [6.07, 6.45) is 14.2. The third-order valence-electron chi connectivity index (χ3n) is 4.40. The van der Waals surface area contributed by atoms with Crippen LogP contribution in [0.5, 0.6) is 0 Å². The van der Waals surface area contributed by atoms with Crippen LogP contribution in [0.15, 0.2) is 0 Å². The minimum Gasteiger partial charge on any atom is -0.252 e. The number of unbranched alkanes of at least 4 members (excludes halogenated alkanes) is 6. The Morgan fingerprint density at radius 1 is 0.783 bits per heavy atom. The maximum Gasteiger partial charge on any atom is 0.399 e. The van der Waals surface area contributed by atoms with Crippen molar-refractivity contribution >= 4 is 10.4 Å². The molecule has 0 aliphatic carbocycles. The second-order valence-electron chi connectivity index (χ2n) is 6.91. The normalized spacial score (nSPS) is 14.8. The number of rotatable bonds is 16. The molecule has 2 atom stereocenters. The lowest BCUT2D eigenvalue weighted by Crippen LogP contribution is -2.13. The molecule has 0 saturated heterocycles. The van der Waals surface area contributed by atoms with E-state index in [4.69, 9.17) is 4.18 Å². The number of hydrogen-bond donors (Lipinski definition) is 0. The van der Waals surface area contributed by atoms with E-state index in [-0.39, 0.29) is 12.5 Å². The minimum atomic E-state index is -3.78. The standard InChI is InChI=1S/C18H38O4S/c1-5-6-7-8-10-13-17(2)14-11-9-12-15-18(3)16-22-23(19,20)21-4/h17-18H,5-16H2,1-4H3. The van der Waals surface area contributed by atoms with Crippen LogP contribution < -0.4 is 0 Å². The Morgan fingerprint density at radius 3 is 1.78 bits per heavy atom. The van der Waals surface area contributed by atoms with E-state index < -0.39 is 10.4 Å². The number of hydrogen-bond acceptors (Lipinski definition) is 4. The van der Waals surface area contributed by atoms with Crippen LogP contribution in [0, 0.1) is 11.8 Å². The highest BCUT2D eigenvalue weighted by Gasteiger charge is 2.12. The Labute approximate surface area is 144 Å². The zero-order valence-corrected chi connectivity index (χ0v) is 16.5. The van der Waals surface area contributed by atoms with Crippen LogP contribution in [0.2, 0.25) is 0 Å². The van der Waals surface area contributed by atoms with E-state index in [2.05, 4.69) is 18.0 Å². The molecule has 0 amide bonds. The van der Waals surface area contributed by atoms with Crippen molar-refractivity contribution in [2.75, 3.05) is 13.7 Å². The van der Waals surface area contributed by atoms with Gasteiger partial charge in [-0.25, -0.2) is 4.18 Å². The van der Waals surface area contributed by atoms with Gasteiger partial charge >= 0.3 is 10.4 Å². The SMILES string of the molecule is CCCCCCCC(C)CCCCCC(C)COS(=O)(=O)OC. The van der Waals surface area contributed by atoms with Crippen LogP contribution in [0.25, 0.3) is 0 Å². The highest BCUT2D eigenvalue weighted by atomic mass is 32.3. The average molecular weight is 351 g/mol. The molecule has 0 heterocycles. The summed E-state index contributed by atoms with van der Waals surface area (Å²) in [6.45, 7) is 6.85. The van der Waals surface area contributed by atoms with E-state index in [1.54, 1.807) is 0 Å². The van der Waals surface area contributed by atoms with Crippen LogP contribution in [0.1, 0.15) is 91.4 Å². The largest absolute Gasteiger partial charge is 0.399 e. The maximum atomic E-state index is 11.1. The van der Waals surface area contributed by atoms with Crippen LogP contribution in [0.3, 0.4) is 0 Å². The van der Waals surface area contributed by atoms with E-state index in [0.717, 1.165) is 25.9 Å². The van der Waals surface area contributed by atoms with E-state index in [9.17, 15) is 8.42 Å². The predicted molar refractivity (Wildman–Crippen MR) is 96.7 cm³/mol. The molecule has 4 nitrogen and oxygen atoms in total. The predicted octanol–water partition coefficient (Wildman–Crippen LogP) is 5.48. The van der Waals surface area contributed by atoms with Gasteiger partial charge in [0.05, 0.1) is 13.7 Å². The third kappa shape index (κ3) is 15.2. The Morgan fingerprint density at radius 2 is 1.26 bits per heavy atom. The topological polar surface area (TPSA) is 52.6 Å². The summed E-state index contributed by atoms with van der Waals surface area (Å²) in [4.78, 5) is 0. The van der Waals surface area contributed by atoms with Crippen molar-refractivity contribution in [2.24, 2.45) is 11.8 Å². The first-order valence-electron chi connectivity index (χ1n) is 9.36. The fraction of sp³-hybridized carbons (Fsp3) is 1.00. The van der Waals surface area contributed by atoms with E-state index in [1.807, 2.05) is 6.92 Å². The highest BCUT2D eigenvalue weighted by Crippen LogP contribution is 2.19. The van der Waals surface area contributed by atoms with Gasteiger partial charge in [-0.3, -0.25) is 4.18 Å². The van der Waals surface area contributed by atoms with Crippen molar-refractivity contribution in [1.29, 1.82) is 0 Å². The minimum absolute atomic E-state index is 0.213. The molecule has 23 heavy (non-hydrogen) atoms. The van der Waals surface area contributed by atoms with Gasteiger partial charge in [-0.05, 0) is 18.3 Å². The van der Waals surface area contributed by atoms with E-state index in [0.29, 0.717) is 0 Å². The molecule has 0 aromatic carbocycles. The van der Waals surface area contributed by atoms with E-state index >= 15 is 0 Å². The molecular formula is C18H38O4S. The van der Waals surface area contributed by atoms with Crippen LogP contribution >= 0.6 is 0 Å². The Hall–Kier alpha value is -0.130. The lowest BCUT2D eigenvalue weighted by Gasteiger charge is -2.13. The van der Waals surface area contributed by atoms with Gasteiger partial charge in [-0.1, -0.05) is 85.0 Å². The van der Waals surface area contributed by atoms with Crippen LogP contribution in [-0.4, -0.2) is 22.1 Å². The molecule has 0 N–H and O–H groups in total. The highest BCUT2D eigenvalue weighted by molar-refractivity contribution is 7.81. The molecule has 0 aromatic rings. The van der Waals surface area contributed by atoms with Gasteiger partial charge in [0, 0.05) is 0 Å². The molecule has 5 heteroatoms. The average Bonchev–Trinajstić information content (AvgIpc) is 2.52. The Kier molecular flexibility index (Phi) is 14.2. The fourth-order valence-corrected chi connectivity index (χ4v) is 3.23. The molecule has 0 aromatic heterocycles. The second kappa shape index (κ2) is 14.2. The fourth-order valence-electron chi connectivity index (χ4n) is 2.73. The van der Waals surface area contributed by atoms with Gasteiger partial charge in [0.2, 0.25) is 0 Å². The third-order valence-corrected chi connectivity index (χ3v) is 5.23. The molecule has 0 bridgehead atoms. The summed E-state index contributed by atoms with van der Waals surface area (Å²) in [5.74, 6) is 1.08. The molecule has 0 fully saturated rings. The zero-order chi connectivity index (χ0) is 17.6. The summed E-state index contributed by atoms with van der Waals surface area (Å²) in [6, 6.07) is 0. The van der Waals surface area contributed by atoms with Crippen LogP contribution in [0.4, 0.5) is 0 Å². The molecule has 0 aliphatic rings. The van der Waals surface area contributed by atoms with Gasteiger partial charge in [0.25, 0.3) is 0 Å². The van der Waals surface area contributed by atoms with Crippen molar-refractivity contribution in [1.82, 2.24) is 0 Å². The summed E-state index contributed by atoms with van der Waals surface area (Å²) >= 11 is 0. The lowest BCUT2D eigenvalue weighted by atomic mass is 9.95. The Bertz CT molecular complexity index is 354. The molecule has 0 rings (SSSR count). The maximum absolute atomic E-state index is 11.1.